The highest BCUT2D eigenvalue weighted by atomic mass is 35.5. The first-order valence-corrected chi connectivity index (χ1v) is 9.94. The van der Waals surface area contributed by atoms with Crippen molar-refractivity contribution in [2.24, 2.45) is 0 Å². The van der Waals surface area contributed by atoms with Gasteiger partial charge in [0.1, 0.15) is 6.04 Å². The first kappa shape index (κ1) is 18.1. The van der Waals surface area contributed by atoms with Gasteiger partial charge in [0.15, 0.2) is 0 Å². The zero-order chi connectivity index (χ0) is 18.8. The monoisotopic (exact) mass is 382 g/mol. The van der Waals surface area contributed by atoms with Crippen LogP contribution in [0.1, 0.15) is 40.7 Å². The number of nitrogens with zero attached hydrogens (tertiary/aromatic N) is 2. The van der Waals surface area contributed by atoms with Gasteiger partial charge in [-0.2, -0.15) is 0 Å². The summed E-state index contributed by atoms with van der Waals surface area (Å²) >= 11 is 6.27. The maximum Gasteiger partial charge on any atom is 0.256 e. The number of likely N-dealkylation sites (tertiary alicyclic amines) is 1. The molecule has 2 aromatic rings. The summed E-state index contributed by atoms with van der Waals surface area (Å²) in [5, 5.41) is 0.422. The van der Waals surface area contributed by atoms with E-state index in [-0.39, 0.29) is 11.8 Å². The molecule has 1 unspecified atom stereocenters. The van der Waals surface area contributed by atoms with Gasteiger partial charge in [-0.25, -0.2) is 0 Å². The van der Waals surface area contributed by atoms with Crippen LogP contribution < -0.4 is 0 Å². The summed E-state index contributed by atoms with van der Waals surface area (Å²) in [7, 11) is 0. The predicted octanol–water partition coefficient (Wildman–Crippen LogP) is 3.92. The van der Waals surface area contributed by atoms with E-state index in [0.29, 0.717) is 23.6 Å². The number of hydrogen-bond acceptors (Lipinski definition) is 2. The number of carbonyl (C=O) groups is 2. The number of halogens is 1. The fraction of sp³-hybridized carbons (Fsp3) is 0.364. The van der Waals surface area contributed by atoms with E-state index in [0.717, 1.165) is 37.1 Å². The first-order valence-electron chi connectivity index (χ1n) is 9.56. The molecule has 0 radical (unpaired) electrons. The van der Waals surface area contributed by atoms with Crippen LogP contribution in [-0.2, 0) is 17.8 Å². The Morgan fingerprint density at radius 1 is 0.889 bits per heavy atom. The molecule has 1 saturated heterocycles. The minimum atomic E-state index is -0.471. The molecule has 5 heteroatoms. The molecule has 0 N–H and O–H groups in total. The molecule has 0 bridgehead atoms. The molecule has 27 heavy (non-hydrogen) atoms. The standard InChI is InChI=1S/C22H23ClN2O2/c23-19-11-5-4-10-18(19)21(26)25-15-17-9-3-2-8-16(17)14-20(25)22(27)24-12-6-1-7-13-24/h2-5,8-11,20H,1,6-7,12-15H2. The van der Waals surface area contributed by atoms with Crippen molar-refractivity contribution in [1.82, 2.24) is 9.80 Å². The molecule has 0 aromatic heterocycles. The van der Waals surface area contributed by atoms with Crippen molar-refractivity contribution >= 4 is 23.4 Å². The third kappa shape index (κ3) is 3.59. The summed E-state index contributed by atoms with van der Waals surface area (Å²) in [5.74, 6) is -0.116. The summed E-state index contributed by atoms with van der Waals surface area (Å²) in [6, 6.07) is 14.6. The van der Waals surface area contributed by atoms with Crippen molar-refractivity contribution in [3.8, 4) is 0 Å². The maximum atomic E-state index is 13.3. The number of rotatable bonds is 2. The van der Waals surface area contributed by atoms with E-state index in [1.807, 2.05) is 23.1 Å². The van der Waals surface area contributed by atoms with Gasteiger partial charge in [0.2, 0.25) is 5.91 Å². The van der Waals surface area contributed by atoms with Crippen LogP contribution in [0, 0.1) is 0 Å². The van der Waals surface area contributed by atoms with E-state index in [1.165, 1.54) is 6.42 Å². The zero-order valence-electron chi connectivity index (χ0n) is 15.2. The normalized spacial score (nSPS) is 19.5. The van der Waals surface area contributed by atoms with E-state index < -0.39 is 6.04 Å². The van der Waals surface area contributed by atoms with Crippen molar-refractivity contribution in [3.05, 3.63) is 70.2 Å². The molecule has 2 amide bonds. The Morgan fingerprint density at radius 2 is 1.56 bits per heavy atom. The summed E-state index contributed by atoms with van der Waals surface area (Å²) < 4.78 is 0. The molecule has 0 saturated carbocycles. The number of amides is 2. The Balaban J connectivity index is 1.68. The first-order chi connectivity index (χ1) is 13.1. The van der Waals surface area contributed by atoms with Crippen molar-refractivity contribution in [1.29, 1.82) is 0 Å². The van der Waals surface area contributed by atoms with E-state index in [1.54, 1.807) is 29.2 Å². The lowest BCUT2D eigenvalue weighted by atomic mass is 9.92. The van der Waals surface area contributed by atoms with Gasteiger partial charge in [-0.05, 0) is 42.5 Å². The van der Waals surface area contributed by atoms with E-state index in [9.17, 15) is 9.59 Å². The quantitative estimate of drug-likeness (QED) is 0.789. The molecule has 0 aliphatic carbocycles. The Morgan fingerprint density at radius 3 is 2.30 bits per heavy atom. The fourth-order valence-electron chi connectivity index (χ4n) is 4.07. The van der Waals surface area contributed by atoms with Crippen LogP contribution in [0.15, 0.2) is 48.5 Å². The van der Waals surface area contributed by atoms with Gasteiger partial charge in [0.05, 0.1) is 10.6 Å². The zero-order valence-corrected chi connectivity index (χ0v) is 16.0. The molecule has 1 atom stereocenters. The fourth-order valence-corrected chi connectivity index (χ4v) is 4.29. The van der Waals surface area contributed by atoms with Crippen molar-refractivity contribution in [2.75, 3.05) is 13.1 Å². The van der Waals surface area contributed by atoms with Crippen LogP contribution in [0.4, 0.5) is 0 Å². The van der Waals surface area contributed by atoms with Gasteiger partial charge in [-0.1, -0.05) is 48.0 Å². The average molecular weight is 383 g/mol. The van der Waals surface area contributed by atoms with Crippen molar-refractivity contribution in [3.63, 3.8) is 0 Å². The predicted molar refractivity (Wildman–Crippen MR) is 106 cm³/mol. The van der Waals surface area contributed by atoms with Crippen LogP contribution >= 0.6 is 11.6 Å². The van der Waals surface area contributed by atoms with Gasteiger partial charge >= 0.3 is 0 Å². The number of benzene rings is 2. The summed E-state index contributed by atoms with van der Waals surface area (Å²) in [5.41, 5.74) is 2.70. The van der Waals surface area contributed by atoms with E-state index in [2.05, 4.69) is 6.07 Å². The van der Waals surface area contributed by atoms with Crippen molar-refractivity contribution in [2.45, 2.75) is 38.3 Å². The molecular weight excluding hydrogens is 360 g/mol. The summed E-state index contributed by atoms with van der Waals surface area (Å²) in [4.78, 5) is 30.2. The lowest BCUT2D eigenvalue weighted by Gasteiger charge is -2.39. The minimum Gasteiger partial charge on any atom is -0.341 e. The molecule has 0 spiro atoms. The lowest BCUT2D eigenvalue weighted by molar-refractivity contribution is -0.137. The largest absolute Gasteiger partial charge is 0.341 e. The van der Waals surface area contributed by atoms with Gasteiger partial charge in [-0.3, -0.25) is 9.59 Å². The Labute approximate surface area is 164 Å². The molecule has 4 nitrogen and oxygen atoms in total. The topological polar surface area (TPSA) is 40.6 Å². The number of hydrogen-bond donors (Lipinski definition) is 0. The minimum absolute atomic E-state index is 0.0598. The molecule has 2 aliphatic heterocycles. The Hall–Kier alpha value is -2.33. The van der Waals surface area contributed by atoms with Crippen molar-refractivity contribution < 1.29 is 9.59 Å². The second-order valence-corrected chi connectivity index (χ2v) is 7.69. The molecule has 4 rings (SSSR count). The number of fused-ring (bicyclic) bond motifs is 1. The molecule has 2 heterocycles. The Kier molecular flexibility index (Phi) is 5.17. The summed E-state index contributed by atoms with van der Waals surface area (Å²) in [6.07, 6.45) is 3.79. The lowest BCUT2D eigenvalue weighted by Crippen LogP contribution is -2.54. The van der Waals surface area contributed by atoms with Gasteiger partial charge in [0, 0.05) is 26.1 Å². The Bertz CT molecular complexity index is 861. The summed E-state index contributed by atoms with van der Waals surface area (Å²) in [6.45, 7) is 2.00. The van der Waals surface area contributed by atoms with Crippen LogP contribution in [0.5, 0.6) is 0 Å². The molecule has 2 aromatic carbocycles. The molecule has 140 valence electrons. The molecule has 1 fully saturated rings. The van der Waals surface area contributed by atoms with Gasteiger partial charge in [0.25, 0.3) is 5.91 Å². The number of carbonyl (C=O) groups excluding carboxylic acids is 2. The highest BCUT2D eigenvalue weighted by molar-refractivity contribution is 6.33. The second-order valence-electron chi connectivity index (χ2n) is 7.29. The number of piperidine rings is 1. The maximum absolute atomic E-state index is 13.3. The highest BCUT2D eigenvalue weighted by Gasteiger charge is 2.37. The molecular formula is C22H23ClN2O2. The van der Waals surface area contributed by atoms with Crippen LogP contribution in [0.3, 0.4) is 0 Å². The SMILES string of the molecule is O=C(C1Cc2ccccc2CN1C(=O)c1ccccc1Cl)N1CCCCC1. The smallest absolute Gasteiger partial charge is 0.256 e. The second kappa shape index (κ2) is 7.73. The highest BCUT2D eigenvalue weighted by Crippen LogP contribution is 2.28. The average Bonchev–Trinajstić information content (AvgIpc) is 2.73. The van der Waals surface area contributed by atoms with Crippen LogP contribution in [-0.4, -0.2) is 40.7 Å². The molecule has 2 aliphatic rings. The third-order valence-corrected chi connectivity index (χ3v) is 5.90. The van der Waals surface area contributed by atoms with E-state index in [4.69, 9.17) is 11.6 Å². The van der Waals surface area contributed by atoms with Gasteiger partial charge in [-0.15, -0.1) is 0 Å². The van der Waals surface area contributed by atoms with Crippen LogP contribution in [0.25, 0.3) is 0 Å². The van der Waals surface area contributed by atoms with E-state index >= 15 is 0 Å². The van der Waals surface area contributed by atoms with Gasteiger partial charge < -0.3 is 9.80 Å². The van der Waals surface area contributed by atoms with Crippen LogP contribution in [0.2, 0.25) is 5.02 Å². The third-order valence-electron chi connectivity index (χ3n) is 5.57.